The number of para-hydroxylation sites is 2. The zero-order chi connectivity index (χ0) is 19.3. The van der Waals surface area contributed by atoms with E-state index in [9.17, 15) is 13.2 Å². The Morgan fingerprint density at radius 3 is 2.46 bits per heavy atom. The van der Waals surface area contributed by atoms with Crippen molar-refractivity contribution in [1.29, 1.82) is 0 Å². The van der Waals surface area contributed by atoms with Crippen molar-refractivity contribution in [2.24, 2.45) is 0 Å². The van der Waals surface area contributed by atoms with Crippen molar-refractivity contribution in [3.63, 3.8) is 0 Å². The second-order valence-electron chi connectivity index (χ2n) is 6.12. The highest BCUT2D eigenvalue weighted by molar-refractivity contribution is 7.92. The molecule has 0 aliphatic carbocycles. The van der Waals surface area contributed by atoms with Crippen LogP contribution in [0, 0.1) is 13.8 Å². The number of aryl methyl sites for hydroxylation is 2. The molecular weight excluding hydrogens is 352 g/mol. The summed E-state index contributed by atoms with van der Waals surface area (Å²) in [6.45, 7) is 3.92. The average Bonchev–Trinajstić information content (AvgIpc) is 2.57. The summed E-state index contributed by atoms with van der Waals surface area (Å²) in [6, 6.07) is 12.6. The number of anilines is 2. The standard InChI is InChI=1S/C19H24N2O4S/c1-14-9-10-16(15(2)13-14)20-19(22)11-12-21(26(4,23)24)17-7-5-6-8-18(17)25-3/h5-10,13H,11-12H2,1-4H3,(H,20,22). The lowest BCUT2D eigenvalue weighted by Crippen LogP contribution is -2.33. The van der Waals surface area contributed by atoms with Crippen molar-refractivity contribution in [3.05, 3.63) is 53.6 Å². The second-order valence-corrected chi connectivity index (χ2v) is 8.03. The van der Waals surface area contributed by atoms with Gasteiger partial charge in [0, 0.05) is 18.7 Å². The molecule has 0 unspecified atom stereocenters. The van der Waals surface area contributed by atoms with Gasteiger partial charge >= 0.3 is 0 Å². The quantitative estimate of drug-likeness (QED) is 0.806. The van der Waals surface area contributed by atoms with Crippen LogP contribution in [-0.2, 0) is 14.8 Å². The topological polar surface area (TPSA) is 75.7 Å². The third-order valence-electron chi connectivity index (χ3n) is 3.95. The van der Waals surface area contributed by atoms with Gasteiger partial charge in [-0.25, -0.2) is 8.42 Å². The van der Waals surface area contributed by atoms with Gasteiger partial charge < -0.3 is 10.1 Å². The highest BCUT2D eigenvalue weighted by Crippen LogP contribution is 2.29. The number of carbonyl (C=O) groups is 1. The summed E-state index contributed by atoms with van der Waals surface area (Å²) in [4.78, 5) is 12.3. The van der Waals surface area contributed by atoms with Crippen molar-refractivity contribution < 1.29 is 17.9 Å². The van der Waals surface area contributed by atoms with Crippen molar-refractivity contribution in [3.8, 4) is 5.75 Å². The predicted molar refractivity (Wildman–Crippen MR) is 104 cm³/mol. The van der Waals surface area contributed by atoms with Crippen LogP contribution >= 0.6 is 0 Å². The Hall–Kier alpha value is -2.54. The van der Waals surface area contributed by atoms with Crippen molar-refractivity contribution in [1.82, 2.24) is 0 Å². The molecule has 2 aromatic carbocycles. The molecule has 0 aliphatic heterocycles. The summed E-state index contributed by atoms with van der Waals surface area (Å²) < 4.78 is 30.8. The van der Waals surface area contributed by atoms with E-state index in [4.69, 9.17) is 4.74 Å². The van der Waals surface area contributed by atoms with Gasteiger partial charge in [-0.05, 0) is 37.6 Å². The van der Waals surface area contributed by atoms with E-state index in [2.05, 4.69) is 5.32 Å². The molecule has 1 amide bonds. The first-order valence-corrected chi connectivity index (χ1v) is 10.0. The Morgan fingerprint density at radius 2 is 1.85 bits per heavy atom. The molecule has 0 radical (unpaired) electrons. The Balaban J connectivity index is 2.14. The van der Waals surface area contributed by atoms with Gasteiger partial charge in [0.2, 0.25) is 15.9 Å². The van der Waals surface area contributed by atoms with Crippen LogP contribution in [-0.4, -0.2) is 34.2 Å². The first kappa shape index (κ1) is 19.8. The molecule has 26 heavy (non-hydrogen) atoms. The van der Waals surface area contributed by atoms with Crippen LogP contribution < -0.4 is 14.4 Å². The number of sulfonamides is 1. The summed E-state index contributed by atoms with van der Waals surface area (Å²) in [6.07, 6.45) is 1.14. The highest BCUT2D eigenvalue weighted by atomic mass is 32.2. The molecule has 0 fully saturated rings. The molecule has 7 heteroatoms. The molecule has 6 nitrogen and oxygen atoms in total. The molecule has 0 aromatic heterocycles. The zero-order valence-corrected chi connectivity index (χ0v) is 16.3. The van der Waals surface area contributed by atoms with E-state index < -0.39 is 10.0 Å². The van der Waals surface area contributed by atoms with Crippen LogP contribution in [0.5, 0.6) is 5.75 Å². The average molecular weight is 376 g/mol. The summed E-state index contributed by atoms with van der Waals surface area (Å²) in [5, 5.41) is 2.83. The number of benzene rings is 2. The van der Waals surface area contributed by atoms with E-state index in [1.54, 1.807) is 24.3 Å². The normalized spacial score (nSPS) is 11.1. The van der Waals surface area contributed by atoms with Gasteiger partial charge in [-0.2, -0.15) is 0 Å². The monoisotopic (exact) mass is 376 g/mol. The largest absolute Gasteiger partial charge is 0.495 e. The maximum atomic E-state index is 12.3. The van der Waals surface area contributed by atoms with E-state index in [1.807, 2.05) is 32.0 Å². The summed E-state index contributed by atoms with van der Waals surface area (Å²) in [7, 11) is -2.08. The predicted octanol–water partition coefficient (Wildman–Crippen LogP) is 3.11. The molecule has 140 valence electrons. The minimum absolute atomic E-state index is 0.0238. The van der Waals surface area contributed by atoms with Crippen LogP contribution in [0.1, 0.15) is 17.5 Å². The molecule has 0 saturated heterocycles. The van der Waals surface area contributed by atoms with Crippen molar-refractivity contribution in [2.45, 2.75) is 20.3 Å². The number of ether oxygens (including phenoxy) is 1. The summed E-state index contributed by atoms with van der Waals surface area (Å²) in [5.74, 6) is 0.188. The summed E-state index contributed by atoms with van der Waals surface area (Å²) >= 11 is 0. The van der Waals surface area contributed by atoms with Crippen LogP contribution in [0.2, 0.25) is 0 Å². The number of nitrogens with one attached hydrogen (secondary N) is 1. The SMILES string of the molecule is COc1ccccc1N(CCC(=O)Nc1ccc(C)cc1C)S(C)(=O)=O. The fourth-order valence-corrected chi connectivity index (χ4v) is 3.60. The fraction of sp³-hybridized carbons (Fsp3) is 0.316. The minimum atomic E-state index is -3.56. The molecule has 2 aromatic rings. The second kappa shape index (κ2) is 8.23. The van der Waals surface area contributed by atoms with Crippen LogP contribution in [0.4, 0.5) is 11.4 Å². The summed E-state index contributed by atoms with van der Waals surface area (Å²) in [5.41, 5.74) is 3.21. The Bertz CT molecular complexity index is 894. The molecule has 0 spiro atoms. The lowest BCUT2D eigenvalue weighted by molar-refractivity contribution is -0.116. The third kappa shape index (κ3) is 4.98. The maximum absolute atomic E-state index is 12.3. The van der Waals surface area contributed by atoms with Crippen LogP contribution in [0.15, 0.2) is 42.5 Å². The lowest BCUT2D eigenvalue weighted by Gasteiger charge is -2.24. The Kier molecular flexibility index (Phi) is 6.26. The fourth-order valence-electron chi connectivity index (χ4n) is 2.67. The van der Waals surface area contributed by atoms with Gasteiger partial charge in [0.25, 0.3) is 0 Å². The highest BCUT2D eigenvalue weighted by Gasteiger charge is 2.21. The molecule has 1 N–H and O–H groups in total. The van der Waals surface area contributed by atoms with Gasteiger partial charge in [-0.3, -0.25) is 9.10 Å². The smallest absolute Gasteiger partial charge is 0.232 e. The number of hydrogen-bond donors (Lipinski definition) is 1. The zero-order valence-electron chi connectivity index (χ0n) is 15.4. The van der Waals surface area contributed by atoms with E-state index >= 15 is 0 Å². The van der Waals surface area contributed by atoms with Crippen LogP contribution in [0.3, 0.4) is 0 Å². The van der Waals surface area contributed by atoms with Gasteiger partial charge in [0.05, 0.1) is 19.1 Å². The number of hydrogen-bond acceptors (Lipinski definition) is 4. The molecule has 0 saturated carbocycles. The van der Waals surface area contributed by atoms with Crippen LogP contribution in [0.25, 0.3) is 0 Å². The minimum Gasteiger partial charge on any atom is -0.495 e. The molecule has 0 atom stereocenters. The lowest BCUT2D eigenvalue weighted by atomic mass is 10.1. The van der Waals surface area contributed by atoms with E-state index in [0.29, 0.717) is 11.4 Å². The van der Waals surface area contributed by atoms with Crippen molar-refractivity contribution >= 4 is 27.3 Å². The number of nitrogens with zero attached hydrogens (tertiary/aromatic N) is 1. The first-order chi connectivity index (χ1) is 12.2. The molecule has 0 heterocycles. The van der Waals surface area contributed by atoms with Gasteiger partial charge in [0.15, 0.2) is 0 Å². The number of rotatable bonds is 7. The third-order valence-corrected chi connectivity index (χ3v) is 5.13. The number of amides is 1. The van der Waals surface area contributed by atoms with Crippen molar-refractivity contribution in [2.75, 3.05) is 29.5 Å². The molecular formula is C19H24N2O4S. The first-order valence-electron chi connectivity index (χ1n) is 8.20. The van der Waals surface area contributed by atoms with Gasteiger partial charge in [-0.1, -0.05) is 29.8 Å². The molecule has 0 aliphatic rings. The molecule has 0 bridgehead atoms. The number of carbonyl (C=O) groups excluding carboxylic acids is 1. The Labute approximate surface area is 154 Å². The Morgan fingerprint density at radius 1 is 1.15 bits per heavy atom. The van der Waals surface area contributed by atoms with E-state index in [-0.39, 0.29) is 18.9 Å². The van der Waals surface area contributed by atoms with Gasteiger partial charge in [-0.15, -0.1) is 0 Å². The number of methoxy groups -OCH3 is 1. The molecule has 2 rings (SSSR count). The van der Waals surface area contributed by atoms with E-state index in [1.165, 1.54) is 11.4 Å². The maximum Gasteiger partial charge on any atom is 0.232 e. The van der Waals surface area contributed by atoms with Gasteiger partial charge in [0.1, 0.15) is 5.75 Å². The van der Waals surface area contributed by atoms with E-state index in [0.717, 1.165) is 23.1 Å².